The average Bonchev–Trinajstić information content (AvgIpc) is 2.73. The van der Waals surface area contributed by atoms with Gasteiger partial charge >= 0.3 is 0 Å². The van der Waals surface area contributed by atoms with Gasteiger partial charge in [-0.05, 0) is 28.4 Å². The molecule has 0 bridgehead atoms. The maximum atomic E-state index is 11.7. The first-order valence-electron chi connectivity index (χ1n) is 4.71. The molecule has 2 rings (SSSR count). The molecular formula is C9H10BrNO3S2. The average molecular weight is 324 g/mol. The quantitative estimate of drug-likeness (QED) is 0.895. The Morgan fingerprint density at radius 1 is 1.56 bits per heavy atom. The minimum absolute atomic E-state index is 0.0596. The molecule has 1 aliphatic rings. The highest BCUT2D eigenvalue weighted by atomic mass is 79.9. The maximum absolute atomic E-state index is 11.7. The van der Waals surface area contributed by atoms with Crippen LogP contribution in [0.3, 0.4) is 0 Å². The molecule has 16 heavy (non-hydrogen) atoms. The summed E-state index contributed by atoms with van der Waals surface area (Å²) < 4.78 is 23.3. The zero-order chi connectivity index (χ0) is 11.8. The van der Waals surface area contributed by atoms with Gasteiger partial charge in [0.1, 0.15) is 0 Å². The smallest absolute Gasteiger partial charge is 0.252 e. The zero-order valence-electron chi connectivity index (χ0n) is 8.27. The number of halogens is 1. The van der Waals surface area contributed by atoms with E-state index in [1.54, 1.807) is 11.4 Å². The van der Waals surface area contributed by atoms with Gasteiger partial charge in [-0.15, -0.1) is 11.3 Å². The lowest BCUT2D eigenvalue weighted by molar-refractivity contribution is 0.0941. The molecule has 2 heterocycles. The largest absolute Gasteiger partial charge is 0.348 e. The lowest BCUT2D eigenvalue weighted by Crippen LogP contribution is -2.35. The predicted octanol–water partition coefficient (Wildman–Crippen LogP) is 1.43. The van der Waals surface area contributed by atoms with Crippen molar-refractivity contribution < 1.29 is 13.2 Å². The molecule has 88 valence electrons. The van der Waals surface area contributed by atoms with Crippen LogP contribution in [0, 0.1) is 0 Å². The van der Waals surface area contributed by atoms with Gasteiger partial charge in [-0.25, -0.2) is 8.42 Å². The van der Waals surface area contributed by atoms with Crippen LogP contribution in [-0.4, -0.2) is 31.9 Å². The third-order valence-electron chi connectivity index (χ3n) is 2.40. The fourth-order valence-electron chi connectivity index (χ4n) is 1.61. The molecule has 1 saturated heterocycles. The molecule has 1 N–H and O–H groups in total. The second-order valence-corrected chi connectivity index (χ2v) is 8.23. The van der Waals surface area contributed by atoms with E-state index in [1.165, 1.54) is 11.3 Å². The first-order valence-corrected chi connectivity index (χ1v) is 8.21. The lowest BCUT2D eigenvalue weighted by atomic mass is 10.2. The number of rotatable bonds is 2. The summed E-state index contributed by atoms with van der Waals surface area (Å²) in [5.74, 6) is 0.0269. The molecule has 0 radical (unpaired) electrons. The van der Waals surface area contributed by atoms with Gasteiger partial charge in [0, 0.05) is 11.4 Å². The second-order valence-electron chi connectivity index (χ2n) is 3.71. The van der Waals surface area contributed by atoms with Crippen LogP contribution in [0.1, 0.15) is 16.8 Å². The van der Waals surface area contributed by atoms with E-state index in [4.69, 9.17) is 0 Å². The summed E-state index contributed by atoms with van der Waals surface area (Å²) in [6.45, 7) is 0. The van der Waals surface area contributed by atoms with Gasteiger partial charge in [-0.3, -0.25) is 4.79 Å². The standard InChI is InChI=1S/C9H10BrNO3S2/c10-8-3-6(4-15-8)9(12)11-7-1-2-16(13,14)5-7/h3-4,7H,1-2,5H2,(H,11,12). The Morgan fingerprint density at radius 3 is 2.81 bits per heavy atom. The zero-order valence-corrected chi connectivity index (χ0v) is 11.5. The van der Waals surface area contributed by atoms with Crippen LogP contribution >= 0.6 is 27.3 Å². The van der Waals surface area contributed by atoms with Crippen LogP contribution in [0.25, 0.3) is 0 Å². The first-order chi connectivity index (χ1) is 7.46. The third-order valence-corrected chi connectivity index (χ3v) is 5.67. The monoisotopic (exact) mass is 323 g/mol. The summed E-state index contributed by atoms with van der Waals surface area (Å²) in [6.07, 6.45) is 0.513. The first kappa shape index (κ1) is 12.1. The van der Waals surface area contributed by atoms with Gasteiger partial charge in [-0.2, -0.15) is 0 Å². The molecule has 1 fully saturated rings. The van der Waals surface area contributed by atoms with E-state index < -0.39 is 9.84 Å². The van der Waals surface area contributed by atoms with Gasteiger partial charge < -0.3 is 5.32 Å². The molecule has 0 aromatic carbocycles. The molecule has 1 unspecified atom stereocenters. The van der Waals surface area contributed by atoms with Crippen molar-refractivity contribution in [1.29, 1.82) is 0 Å². The van der Waals surface area contributed by atoms with Gasteiger partial charge in [0.2, 0.25) is 0 Å². The van der Waals surface area contributed by atoms with Crippen LogP contribution in [0.5, 0.6) is 0 Å². The highest BCUT2D eigenvalue weighted by molar-refractivity contribution is 9.11. The highest BCUT2D eigenvalue weighted by Crippen LogP contribution is 2.21. The van der Waals surface area contributed by atoms with Crippen LogP contribution in [-0.2, 0) is 9.84 Å². The van der Waals surface area contributed by atoms with Gasteiger partial charge in [0.05, 0.1) is 20.9 Å². The Hall–Kier alpha value is -0.400. The third kappa shape index (κ3) is 2.83. The number of hydrogen-bond acceptors (Lipinski definition) is 4. The number of carbonyl (C=O) groups is 1. The number of amides is 1. The van der Waals surface area contributed by atoms with Crippen LogP contribution in [0.15, 0.2) is 15.2 Å². The molecule has 0 saturated carbocycles. The van der Waals surface area contributed by atoms with E-state index in [1.807, 2.05) is 0 Å². The van der Waals surface area contributed by atoms with Crippen molar-refractivity contribution in [2.45, 2.75) is 12.5 Å². The Bertz CT molecular complexity index is 509. The summed E-state index contributed by atoms with van der Waals surface area (Å²) in [4.78, 5) is 11.7. The van der Waals surface area contributed by atoms with E-state index in [0.717, 1.165) is 3.79 Å². The van der Waals surface area contributed by atoms with E-state index >= 15 is 0 Å². The molecule has 4 nitrogen and oxygen atoms in total. The second kappa shape index (κ2) is 4.46. The molecular weight excluding hydrogens is 314 g/mol. The lowest BCUT2D eigenvalue weighted by Gasteiger charge is -2.09. The van der Waals surface area contributed by atoms with Crippen molar-refractivity contribution in [1.82, 2.24) is 5.32 Å². The van der Waals surface area contributed by atoms with Gasteiger partial charge in [-0.1, -0.05) is 0 Å². The molecule has 1 aliphatic heterocycles. The number of carbonyl (C=O) groups excluding carboxylic acids is 1. The molecule has 7 heteroatoms. The summed E-state index contributed by atoms with van der Waals surface area (Å²) >= 11 is 4.70. The molecule has 0 spiro atoms. The molecule has 1 aromatic rings. The van der Waals surface area contributed by atoms with Crippen molar-refractivity contribution >= 4 is 43.0 Å². The van der Waals surface area contributed by atoms with E-state index in [2.05, 4.69) is 21.2 Å². The maximum Gasteiger partial charge on any atom is 0.252 e. The normalized spacial score (nSPS) is 23.2. The van der Waals surface area contributed by atoms with Crippen LogP contribution < -0.4 is 5.32 Å². The SMILES string of the molecule is O=C(NC1CCS(=O)(=O)C1)c1csc(Br)c1. The number of sulfone groups is 1. The summed E-state index contributed by atoms with van der Waals surface area (Å²) in [5, 5.41) is 4.47. The minimum Gasteiger partial charge on any atom is -0.348 e. The van der Waals surface area contributed by atoms with Crippen molar-refractivity contribution in [2.75, 3.05) is 11.5 Å². The van der Waals surface area contributed by atoms with Crippen molar-refractivity contribution in [3.05, 3.63) is 20.8 Å². The van der Waals surface area contributed by atoms with E-state index in [9.17, 15) is 13.2 Å². The predicted molar refractivity (Wildman–Crippen MR) is 66.5 cm³/mol. The number of hydrogen-bond donors (Lipinski definition) is 1. The van der Waals surface area contributed by atoms with Crippen molar-refractivity contribution in [3.8, 4) is 0 Å². The Kier molecular flexibility index (Phi) is 3.37. The van der Waals surface area contributed by atoms with Crippen molar-refractivity contribution in [2.24, 2.45) is 0 Å². The van der Waals surface area contributed by atoms with Crippen LogP contribution in [0.2, 0.25) is 0 Å². The van der Waals surface area contributed by atoms with Crippen LogP contribution in [0.4, 0.5) is 0 Å². The van der Waals surface area contributed by atoms with Crippen molar-refractivity contribution in [3.63, 3.8) is 0 Å². The Balaban J connectivity index is 1.99. The summed E-state index contributed by atoms with van der Waals surface area (Å²) in [7, 11) is -2.94. The Morgan fingerprint density at radius 2 is 2.31 bits per heavy atom. The Labute approximate surface area is 106 Å². The number of nitrogens with one attached hydrogen (secondary N) is 1. The van der Waals surface area contributed by atoms with Gasteiger partial charge in [0.25, 0.3) is 5.91 Å². The summed E-state index contributed by atoms with van der Waals surface area (Å²) in [5.41, 5.74) is 0.571. The topological polar surface area (TPSA) is 63.2 Å². The molecule has 1 atom stereocenters. The molecule has 0 aliphatic carbocycles. The summed E-state index contributed by atoms with van der Waals surface area (Å²) in [6, 6.07) is 1.49. The molecule has 1 amide bonds. The fourth-order valence-corrected chi connectivity index (χ4v) is 4.42. The minimum atomic E-state index is -2.94. The van der Waals surface area contributed by atoms with E-state index in [0.29, 0.717) is 12.0 Å². The molecule has 1 aromatic heterocycles. The van der Waals surface area contributed by atoms with Gasteiger partial charge in [0.15, 0.2) is 9.84 Å². The highest BCUT2D eigenvalue weighted by Gasteiger charge is 2.29. The fraction of sp³-hybridized carbons (Fsp3) is 0.444. The van der Waals surface area contributed by atoms with E-state index in [-0.39, 0.29) is 23.5 Å². The number of thiophene rings is 1.